The van der Waals surface area contributed by atoms with E-state index >= 15 is 0 Å². The number of carbonyl (C=O) groups is 2. The van der Waals surface area contributed by atoms with Crippen molar-refractivity contribution in [1.82, 2.24) is 9.97 Å². The van der Waals surface area contributed by atoms with Gasteiger partial charge in [0.15, 0.2) is 0 Å². The highest BCUT2D eigenvalue weighted by Gasteiger charge is 2.59. The number of nitrogens with one attached hydrogen (secondary N) is 1. The van der Waals surface area contributed by atoms with E-state index in [4.69, 9.17) is 9.47 Å². The van der Waals surface area contributed by atoms with Crippen molar-refractivity contribution in [2.24, 2.45) is 0 Å². The lowest BCUT2D eigenvalue weighted by Gasteiger charge is -2.43. The van der Waals surface area contributed by atoms with Gasteiger partial charge in [0.05, 0.1) is 66.8 Å². The van der Waals surface area contributed by atoms with Crippen LogP contribution in [0, 0.1) is 11.6 Å². The van der Waals surface area contributed by atoms with E-state index < -0.39 is 10.8 Å². The van der Waals surface area contributed by atoms with E-state index in [1.165, 1.54) is 12.1 Å². The van der Waals surface area contributed by atoms with E-state index in [9.17, 15) is 18.4 Å². The fourth-order valence-electron chi connectivity index (χ4n) is 7.16. The van der Waals surface area contributed by atoms with E-state index in [1.54, 1.807) is 50.7 Å². The maximum absolute atomic E-state index is 13.8. The molecule has 222 valence electrons. The molecule has 2 aromatic carbocycles. The van der Waals surface area contributed by atoms with Crippen molar-refractivity contribution >= 4 is 76.9 Å². The minimum Gasteiger partial charge on any atom is -0.381 e. The Labute approximate surface area is 262 Å². The first kappa shape index (κ1) is 28.7. The average molecular weight is 716 g/mol. The van der Waals surface area contributed by atoms with Crippen LogP contribution in [0.15, 0.2) is 45.6 Å². The highest BCUT2D eigenvalue weighted by atomic mass is 79.9. The molecule has 4 heterocycles. The molecule has 2 aliphatic heterocycles. The minimum absolute atomic E-state index is 0.0134. The molecular formula is C31H26Br2F2N4O4. The van der Waals surface area contributed by atoms with Crippen LogP contribution in [0.5, 0.6) is 0 Å². The number of hydrogen-bond acceptors (Lipinski definition) is 6. The summed E-state index contributed by atoms with van der Waals surface area (Å²) in [4.78, 5) is 35.4. The number of fused-ring (bicyclic) bond motifs is 8. The summed E-state index contributed by atoms with van der Waals surface area (Å²) in [6.45, 7) is 0. The van der Waals surface area contributed by atoms with Crippen LogP contribution in [0.25, 0.3) is 21.8 Å². The number of benzene rings is 2. The number of rotatable bonds is 2. The predicted octanol–water partition coefficient (Wildman–Crippen LogP) is 6.29. The van der Waals surface area contributed by atoms with Gasteiger partial charge in [0.2, 0.25) is 11.8 Å². The quantitative estimate of drug-likeness (QED) is 0.262. The number of hydrogen-bond donors (Lipinski definition) is 1. The lowest BCUT2D eigenvalue weighted by molar-refractivity contribution is -0.132. The standard InChI is InChI=1S/C16H14BrFN2O2.C15H12BrFN2O2/c1-20-13-7-19-12-4-11(18)10(17)3-9(12)14(13)16(15(20)21)5-8(6-16)22-2;1-21-7-4-15(5-7)13-8-2-9(16)10(17)3-11(8)18-6-12(13)19-14(15)20/h3-4,7-8H,5-6H2,1-2H3;2-3,6-7H,4-5H2,1H3,(H,19,20). The summed E-state index contributed by atoms with van der Waals surface area (Å²) in [6, 6.07) is 6.23. The summed E-state index contributed by atoms with van der Waals surface area (Å²) in [7, 11) is 5.09. The van der Waals surface area contributed by atoms with Gasteiger partial charge in [-0.1, -0.05) is 0 Å². The van der Waals surface area contributed by atoms with Gasteiger partial charge in [0, 0.05) is 55.3 Å². The monoisotopic (exact) mass is 714 g/mol. The zero-order valence-electron chi connectivity index (χ0n) is 23.4. The fraction of sp³-hybridized carbons (Fsp3) is 0.355. The molecule has 0 saturated heterocycles. The van der Waals surface area contributed by atoms with Gasteiger partial charge in [-0.15, -0.1) is 0 Å². The zero-order valence-corrected chi connectivity index (χ0v) is 26.6. The summed E-state index contributed by atoms with van der Waals surface area (Å²) in [6.07, 6.45) is 6.08. The summed E-state index contributed by atoms with van der Waals surface area (Å²) < 4.78 is 38.9. The SMILES string of the molecule is COC1CC2(C1)C(=O)N(C)c1cnc3cc(F)c(Br)cc3c12.COC1CC2(C1)C(=O)Nc1cnc3cc(F)c(Br)cc3c12. The summed E-state index contributed by atoms with van der Waals surface area (Å²) >= 11 is 6.44. The molecule has 0 radical (unpaired) electrons. The third-order valence-corrected chi connectivity index (χ3v) is 10.7. The molecule has 2 aliphatic carbocycles. The first-order valence-electron chi connectivity index (χ1n) is 13.7. The van der Waals surface area contributed by atoms with Crippen molar-refractivity contribution < 1.29 is 27.8 Å². The molecule has 0 bridgehead atoms. The Morgan fingerprint density at radius 1 is 0.837 bits per heavy atom. The van der Waals surface area contributed by atoms with Crippen LogP contribution < -0.4 is 10.2 Å². The number of amides is 2. The van der Waals surface area contributed by atoms with Gasteiger partial charge in [-0.25, -0.2) is 8.78 Å². The second-order valence-electron chi connectivity index (χ2n) is 11.6. The molecular weight excluding hydrogens is 690 g/mol. The number of halogens is 4. The Balaban J connectivity index is 0.000000140. The van der Waals surface area contributed by atoms with Crippen molar-refractivity contribution in [3.05, 3.63) is 68.4 Å². The molecule has 2 amide bonds. The number of methoxy groups -OCH3 is 2. The Morgan fingerprint density at radius 2 is 1.35 bits per heavy atom. The van der Waals surface area contributed by atoms with Crippen LogP contribution in [0.4, 0.5) is 20.2 Å². The molecule has 0 atom stereocenters. The average Bonchev–Trinajstić information content (AvgIpc) is 3.36. The number of likely N-dealkylation sites (N-methyl/N-ethyl adjacent to an activating group) is 1. The third-order valence-electron chi connectivity index (χ3n) is 9.49. The Hall–Kier alpha value is -3.06. The second kappa shape index (κ2) is 9.98. The summed E-state index contributed by atoms with van der Waals surface area (Å²) in [5.41, 5.74) is 3.43. The van der Waals surface area contributed by atoms with Gasteiger partial charge < -0.3 is 19.7 Å². The Bertz CT molecular complexity index is 1870. The predicted molar refractivity (Wildman–Crippen MR) is 164 cm³/mol. The van der Waals surface area contributed by atoms with Crippen molar-refractivity contribution in [3.63, 3.8) is 0 Å². The maximum Gasteiger partial charge on any atom is 0.237 e. The van der Waals surface area contributed by atoms with Crippen molar-refractivity contribution in [2.75, 3.05) is 31.5 Å². The molecule has 2 fully saturated rings. The second-order valence-corrected chi connectivity index (χ2v) is 13.4. The molecule has 43 heavy (non-hydrogen) atoms. The molecule has 12 heteroatoms. The van der Waals surface area contributed by atoms with Gasteiger partial charge in [-0.3, -0.25) is 19.6 Å². The molecule has 4 aromatic rings. The van der Waals surface area contributed by atoms with Gasteiger partial charge in [0.1, 0.15) is 11.6 Å². The fourth-order valence-corrected chi connectivity index (χ4v) is 7.85. The first-order valence-corrected chi connectivity index (χ1v) is 15.3. The molecule has 2 saturated carbocycles. The first-order chi connectivity index (χ1) is 20.5. The Morgan fingerprint density at radius 3 is 1.91 bits per heavy atom. The maximum atomic E-state index is 13.8. The Kier molecular flexibility index (Phi) is 6.66. The van der Waals surface area contributed by atoms with Gasteiger partial charge >= 0.3 is 0 Å². The minimum atomic E-state index is -0.561. The molecule has 8 rings (SSSR count). The van der Waals surface area contributed by atoms with Crippen molar-refractivity contribution in [2.45, 2.75) is 48.7 Å². The zero-order chi connectivity index (χ0) is 30.4. The normalized spacial score (nSPS) is 26.7. The smallest absolute Gasteiger partial charge is 0.237 e. The van der Waals surface area contributed by atoms with E-state index in [0.29, 0.717) is 45.7 Å². The molecule has 4 aliphatic rings. The van der Waals surface area contributed by atoms with Crippen molar-refractivity contribution in [1.29, 1.82) is 0 Å². The van der Waals surface area contributed by atoms with Gasteiger partial charge in [-0.05, 0) is 69.7 Å². The largest absolute Gasteiger partial charge is 0.381 e. The molecule has 1 N–H and O–H groups in total. The third kappa shape index (κ3) is 4.02. The van der Waals surface area contributed by atoms with E-state index in [-0.39, 0.29) is 35.7 Å². The van der Waals surface area contributed by atoms with Crippen LogP contribution in [0.2, 0.25) is 0 Å². The van der Waals surface area contributed by atoms with E-state index in [0.717, 1.165) is 33.3 Å². The van der Waals surface area contributed by atoms with Crippen LogP contribution in [-0.4, -0.2) is 55.3 Å². The highest BCUT2D eigenvalue weighted by Crippen LogP contribution is 2.56. The lowest BCUT2D eigenvalue weighted by atomic mass is 9.62. The van der Waals surface area contributed by atoms with Crippen LogP contribution in [0.3, 0.4) is 0 Å². The molecule has 8 nitrogen and oxygen atoms in total. The summed E-state index contributed by atoms with van der Waals surface area (Å²) in [5, 5.41) is 4.54. The topological polar surface area (TPSA) is 93.6 Å². The van der Waals surface area contributed by atoms with Crippen LogP contribution in [0.1, 0.15) is 36.8 Å². The number of ether oxygens (including phenoxy) is 2. The summed E-state index contributed by atoms with van der Waals surface area (Å²) in [5.74, 6) is -0.647. The number of aromatic nitrogens is 2. The number of anilines is 2. The number of pyridine rings is 2. The van der Waals surface area contributed by atoms with E-state index in [1.807, 2.05) is 0 Å². The van der Waals surface area contributed by atoms with E-state index in [2.05, 4.69) is 47.1 Å². The van der Waals surface area contributed by atoms with Crippen LogP contribution >= 0.6 is 31.9 Å². The van der Waals surface area contributed by atoms with Gasteiger partial charge in [-0.2, -0.15) is 0 Å². The van der Waals surface area contributed by atoms with Crippen LogP contribution in [-0.2, 0) is 29.9 Å². The van der Waals surface area contributed by atoms with Crippen molar-refractivity contribution in [3.8, 4) is 0 Å². The van der Waals surface area contributed by atoms with Gasteiger partial charge in [0.25, 0.3) is 0 Å². The lowest BCUT2D eigenvalue weighted by Crippen LogP contribution is -2.51. The highest BCUT2D eigenvalue weighted by molar-refractivity contribution is 9.10. The number of carbonyl (C=O) groups excluding carboxylic acids is 2. The molecule has 0 unspecified atom stereocenters. The number of nitrogens with zero attached hydrogens (tertiary/aromatic N) is 3. The molecule has 2 spiro atoms. The molecule has 2 aromatic heterocycles.